The van der Waals surface area contributed by atoms with Crippen molar-refractivity contribution in [2.45, 2.75) is 39.3 Å². The van der Waals surface area contributed by atoms with Crippen LogP contribution in [0.1, 0.15) is 41.6 Å². The van der Waals surface area contributed by atoms with Crippen LogP contribution >= 0.6 is 0 Å². The smallest absolute Gasteiger partial charge is 0.341 e. The molecule has 0 N–H and O–H groups in total. The lowest BCUT2D eigenvalue weighted by Crippen LogP contribution is -2.30. The average Bonchev–Trinajstić information content (AvgIpc) is 3.12. The second kappa shape index (κ2) is 5.14. The summed E-state index contributed by atoms with van der Waals surface area (Å²) in [6.07, 6.45) is 2.66. The summed E-state index contributed by atoms with van der Waals surface area (Å²) in [6, 6.07) is 2.36. The van der Waals surface area contributed by atoms with Crippen molar-refractivity contribution in [3.05, 3.63) is 23.2 Å². The predicted molar refractivity (Wildman–Crippen MR) is 68.4 cm³/mol. The van der Waals surface area contributed by atoms with E-state index < -0.39 is 0 Å². The molecule has 0 bridgehead atoms. The van der Waals surface area contributed by atoms with Gasteiger partial charge in [0.25, 0.3) is 0 Å². The van der Waals surface area contributed by atoms with Crippen molar-refractivity contribution in [3.8, 4) is 0 Å². The topological polar surface area (TPSA) is 42.7 Å². The largest absolute Gasteiger partial charge is 0.465 e. The van der Waals surface area contributed by atoms with Crippen LogP contribution in [-0.4, -0.2) is 31.1 Å². The van der Waals surface area contributed by atoms with E-state index in [1.54, 1.807) is 13.0 Å². The number of aryl methyl sites for hydroxylation is 1. The third-order valence-electron chi connectivity index (χ3n) is 3.78. The Hall–Kier alpha value is -1.29. The highest BCUT2D eigenvalue weighted by atomic mass is 16.5. The van der Waals surface area contributed by atoms with Gasteiger partial charge in [-0.2, -0.15) is 0 Å². The highest BCUT2D eigenvalue weighted by Gasteiger charge is 2.30. The Bertz CT molecular complexity index is 434. The van der Waals surface area contributed by atoms with Crippen LogP contribution in [0.25, 0.3) is 0 Å². The maximum atomic E-state index is 11.5. The fourth-order valence-corrected chi connectivity index (χ4v) is 2.26. The number of methoxy groups -OCH3 is 1. The first-order chi connectivity index (χ1) is 8.52. The van der Waals surface area contributed by atoms with Gasteiger partial charge in [-0.15, -0.1) is 0 Å². The van der Waals surface area contributed by atoms with E-state index in [0.717, 1.165) is 18.2 Å². The van der Waals surface area contributed by atoms with E-state index in [1.807, 2.05) is 0 Å². The van der Waals surface area contributed by atoms with Crippen molar-refractivity contribution in [3.63, 3.8) is 0 Å². The van der Waals surface area contributed by atoms with Crippen LogP contribution < -0.4 is 0 Å². The molecule has 0 saturated heterocycles. The summed E-state index contributed by atoms with van der Waals surface area (Å²) in [5, 5.41) is 0. The first-order valence-corrected chi connectivity index (χ1v) is 6.40. The van der Waals surface area contributed by atoms with Crippen LogP contribution in [0.2, 0.25) is 0 Å². The van der Waals surface area contributed by atoms with Crippen molar-refractivity contribution >= 4 is 5.97 Å². The average molecular weight is 251 g/mol. The molecule has 1 aromatic rings. The van der Waals surface area contributed by atoms with Crippen LogP contribution in [0, 0.1) is 12.8 Å². The molecule has 0 amide bonds. The summed E-state index contributed by atoms with van der Waals surface area (Å²) in [7, 11) is 3.48. The van der Waals surface area contributed by atoms with E-state index in [4.69, 9.17) is 9.15 Å². The molecule has 0 spiro atoms. The van der Waals surface area contributed by atoms with Gasteiger partial charge in [-0.1, -0.05) is 0 Å². The highest BCUT2D eigenvalue weighted by molar-refractivity contribution is 5.90. The third-order valence-corrected chi connectivity index (χ3v) is 3.78. The van der Waals surface area contributed by atoms with Gasteiger partial charge >= 0.3 is 5.97 Å². The number of carbonyl (C=O) groups excluding carboxylic acids is 1. The van der Waals surface area contributed by atoms with Crippen LogP contribution in [0.4, 0.5) is 0 Å². The quantitative estimate of drug-likeness (QED) is 0.754. The third kappa shape index (κ3) is 2.75. The Morgan fingerprint density at radius 2 is 2.28 bits per heavy atom. The van der Waals surface area contributed by atoms with Gasteiger partial charge in [-0.3, -0.25) is 4.90 Å². The molecule has 1 aliphatic rings. The number of carbonyl (C=O) groups is 1. The number of hydrogen-bond donors (Lipinski definition) is 0. The van der Waals surface area contributed by atoms with Crippen molar-refractivity contribution in [1.29, 1.82) is 0 Å². The monoisotopic (exact) mass is 251 g/mol. The second-order valence-corrected chi connectivity index (χ2v) is 5.17. The van der Waals surface area contributed by atoms with E-state index in [0.29, 0.717) is 17.4 Å². The van der Waals surface area contributed by atoms with E-state index >= 15 is 0 Å². The fourth-order valence-electron chi connectivity index (χ4n) is 2.26. The molecule has 0 aliphatic heterocycles. The molecule has 2 rings (SSSR count). The number of hydrogen-bond acceptors (Lipinski definition) is 4. The van der Waals surface area contributed by atoms with Gasteiger partial charge in [-0.05, 0) is 45.7 Å². The molecule has 1 heterocycles. The second-order valence-electron chi connectivity index (χ2n) is 5.17. The molecule has 1 unspecified atom stereocenters. The predicted octanol–water partition coefficient (Wildman–Crippen LogP) is 2.60. The van der Waals surface area contributed by atoms with Crippen LogP contribution in [0.15, 0.2) is 10.5 Å². The Labute approximate surface area is 108 Å². The van der Waals surface area contributed by atoms with E-state index in [9.17, 15) is 4.79 Å². The van der Waals surface area contributed by atoms with Crippen LogP contribution in [0.5, 0.6) is 0 Å². The van der Waals surface area contributed by atoms with Gasteiger partial charge in [0.1, 0.15) is 17.1 Å². The Morgan fingerprint density at radius 1 is 1.61 bits per heavy atom. The molecule has 100 valence electrons. The lowest BCUT2D eigenvalue weighted by atomic mass is 10.2. The number of nitrogens with zero attached hydrogens (tertiary/aromatic N) is 1. The number of esters is 1. The molecule has 4 nitrogen and oxygen atoms in total. The summed E-state index contributed by atoms with van der Waals surface area (Å²) < 4.78 is 10.3. The SMILES string of the molecule is COC(=O)c1cc(CN(C)C(C)C2CC2)oc1C. The summed E-state index contributed by atoms with van der Waals surface area (Å²) in [5.74, 6) is 1.94. The minimum absolute atomic E-state index is 0.333. The molecule has 4 heteroatoms. The Balaban J connectivity index is 2.03. The van der Waals surface area contributed by atoms with Gasteiger partial charge in [0.2, 0.25) is 0 Å². The first-order valence-electron chi connectivity index (χ1n) is 6.40. The van der Waals surface area contributed by atoms with Gasteiger partial charge in [0.05, 0.1) is 13.7 Å². The van der Waals surface area contributed by atoms with Crippen molar-refractivity contribution in [2.75, 3.05) is 14.2 Å². The maximum Gasteiger partial charge on any atom is 0.341 e. The minimum atomic E-state index is -0.333. The minimum Gasteiger partial charge on any atom is -0.465 e. The lowest BCUT2D eigenvalue weighted by molar-refractivity contribution is 0.0599. The van der Waals surface area contributed by atoms with Gasteiger partial charge in [0.15, 0.2) is 0 Å². The van der Waals surface area contributed by atoms with Gasteiger partial charge < -0.3 is 9.15 Å². The first kappa shape index (κ1) is 13.1. The molecule has 18 heavy (non-hydrogen) atoms. The van der Waals surface area contributed by atoms with E-state index in [2.05, 4.69) is 18.9 Å². The van der Waals surface area contributed by atoms with Gasteiger partial charge in [0, 0.05) is 6.04 Å². The standard InChI is InChI=1S/C14H21NO3/c1-9(11-5-6-11)15(3)8-12-7-13(10(2)18-12)14(16)17-4/h7,9,11H,5-6,8H2,1-4H3. The lowest BCUT2D eigenvalue weighted by Gasteiger charge is -2.23. The maximum absolute atomic E-state index is 11.5. The number of rotatable bonds is 5. The zero-order chi connectivity index (χ0) is 13.3. The van der Waals surface area contributed by atoms with E-state index in [-0.39, 0.29) is 5.97 Å². The molecule has 1 aromatic heterocycles. The zero-order valence-corrected chi connectivity index (χ0v) is 11.5. The van der Waals surface area contributed by atoms with Gasteiger partial charge in [-0.25, -0.2) is 4.79 Å². The van der Waals surface area contributed by atoms with Crippen molar-refractivity contribution in [2.24, 2.45) is 5.92 Å². The molecule has 1 saturated carbocycles. The molecular formula is C14H21NO3. The summed E-state index contributed by atoms with van der Waals surface area (Å²) >= 11 is 0. The Kier molecular flexibility index (Phi) is 3.76. The molecule has 1 aliphatic carbocycles. The molecule has 0 radical (unpaired) electrons. The number of furan rings is 1. The molecule has 1 fully saturated rings. The zero-order valence-electron chi connectivity index (χ0n) is 11.5. The van der Waals surface area contributed by atoms with E-state index in [1.165, 1.54) is 20.0 Å². The highest BCUT2D eigenvalue weighted by Crippen LogP contribution is 2.35. The normalized spacial score (nSPS) is 16.9. The fraction of sp³-hybridized carbons (Fsp3) is 0.643. The Morgan fingerprint density at radius 3 is 2.83 bits per heavy atom. The summed E-state index contributed by atoms with van der Waals surface area (Å²) in [5.41, 5.74) is 0.528. The van der Waals surface area contributed by atoms with Crippen molar-refractivity contribution in [1.82, 2.24) is 4.90 Å². The summed E-state index contributed by atoms with van der Waals surface area (Å²) in [6.45, 7) is 4.77. The number of ether oxygens (including phenoxy) is 1. The summed E-state index contributed by atoms with van der Waals surface area (Å²) in [4.78, 5) is 13.8. The van der Waals surface area contributed by atoms with Crippen LogP contribution in [0.3, 0.4) is 0 Å². The molecular weight excluding hydrogens is 230 g/mol. The van der Waals surface area contributed by atoms with Crippen LogP contribution in [-0.2, 0) is 11.3 Å². The van der Waals surface area contributed by atoms with Crippen molar-refractivity contribution < 1.29 is 13.9 Å². The molecule has 1 atom stereocenters. The molecule has 0 aromatic carbocycles.